The van der Waals surface area contributed by atoms with Gasteiger partial charge in [0.15, 0.2) is 0 Å². The number of fused-ring (bicyclic) bond motifs is 1. The number of hydrogen-bond acceptors (Lipinski definition) is 2. The zero-order chi connectivity index (χ0) is 15.6. The maximum Gasteiger partial charge on any atom is 0.0529 e. The Hall–Kier alpha value is -1.87. The highest BCUT2D eigenvalue weighted by molar-refractivity contribution is 7.12. The summed E-state index contributed by atoms with van der Waals surface area (Å²) in [4.78, 5) is 4.52. The lowest BCUT2D eigenvalue weighted by Crippen LogP contribution is -2.04. The smallest absolute Gasteiger partial charge is 0.0529 e. The van der Waals surface area contributed by atoms with E-state index in [1.807, 2.05) is 17.5 Å². The molecule has 3 heteroatoms. The number of benzene rings is 1. The Balaban J connectivity index is 1.62. The van der Waals surface area contributed by atoms with E-state index >= 15 is 0 Å². The zero-order valence-corrected chi connectivity index (χ0v) is 14.1. The third-order valence-corrected chi connectivity index (χ3v) is 5.95. The number of hydrogen-bond donors (Lipinski definition) is 2. The van der Waals surface area contributed by atoms with Crippen LogP contribution in [0.4, 0.5) is 0 Å². The standard InChI is InChI=1S/C20H22N2S/c21-18(20-7-4-10-23-20)12-14-8-9-19-16(11-14)17(13-22-19)15-5-2-1-3-6-15/h4,7-11,13,15,21-22H,1-3,5-6,12H2. The lowest BCUT2D eigenvalue weighted by molar-refractivity contribution is 0.445. The first-order valence-electron chi connectivity index (χ1n) is 8.52. The molecule has 1 aliphatic carbocycles. The van der Waals surface area contributed by atoms with Crippen molar-refractivity contribution in [2.45, 2.75) is 44.4 Å². The van der Waals surface area contributed by atoms with Crippen LogP contribution >= 0.6 is 11.3 Å². The summed E-state index contributed by atoms with van der Waals surface area (Å²) in [6.07, 6.45) is 9.69. The molecule has 0 amide bonds. The van der Waals surface area contributed by atoms with Crippen LogP contribution < -0.4 is 0 Å². The summed E-state index contributed by atoms with van der Waals surface area (Å²) in [5.41, 5.74) is 4.68. The van der Waals surface area contributed by atoms with Gasteiger partial charge in [0.25, 0.3) is 0 Å². The highest BCUT2D eigenvalue weighted by Crippen LogP contribution is 2.36. The first-order chi connectivity index (χ1) is 11.3. The normalized spacial score (nSPS) is 16.0. The molecule has 0 atom stereocenters. The first kappa shape index (κ1) is 14.7. The molecule has 0 spiro atoms. The number of aromatic nitrogens is 1. The Morgan fingerprint density at radius 3 is 2.83 bits per heavy atom. The average Bonchev–Trinajstić information content (AvgIpc) is 3.25. The molecule has 23 heavy (non-hydrogen) atoms. The molecule has 2 N–H and O–H groups in total. The van der Waals surface area contributed by atoms with Gasteiger partial charge in [-0.2, -0.15) is 0 Å². The van der Waals surface area contributed by atoms with Crippen LogP contribution in [0.1, 0.15) is 54.0 Å². The highest BCUT2D eigenvalue weighted by Gasteiger charge is 2.19. The van der Waals surface area contributed by atoms with Gasteiger partial charge in [-0.05, 0) is 53.5 Å². The summed E-state index contributed by atoms with van der Waals surface area (Å²) in [6, 6.07) is 10.7. The molecular weight excluding hydrogens is 300 g/mol. The lowest BCUT2D eigenvalue weighted by atomic mass is 9.84. The fourth-order valence-electron chi connectivity index (χ4n) is 3.79. The third kappa shape index (κ3) is 2.98. The van der Waals surface area contributed by atoms with Crippen molar-refractivity contribution >= 4 is 28.0 Å². The Morgan fingerprint density at radius 1 is 1.17 bits per heavy atom. The predicted octanol–water partition coefficient (Wildman–Crippen LogP) is 5.89. The SMILES string of the molecule is N=C(Cc1ccc2[nH]cc(C3CCCCC3)c2c1)c1cccs1. The summed E-state index contributed by atoms with van der Waals surface area (Å²) in [5.74, 6) is 0.712. The van der Waals surface area contributed by atoms with Crippen molar-refractivity contribution in [1.82, 2.24) is 4.98 Å². The summed E-state index contributed by atoms with van der Waals surface area (Å²) in [6.45, 7) is 0. The Kier molecular flexibility index (Phi) is 4.04. The van der Waals surface area contributed by atoms with Crippen molar-refractivity contribution in [3.8, 4) is 0 Å². The molecule has 0 saturated heterocycles. The minimum Gasteiger partial charge on any atom is -0.361 e. The van der Waals surface area contributed by atoms with Crippen molar-refractivity contribution in [3.63, 3.8) is 0 Å². The number of H-pyrrole nitrogens is 1. The fourth-order valence-corrected chi connectivity index (χ4v) is 4.47. The minimum atomic E-state index is 0.712. The second-order valence-electron chi connectivity index (χ2n) is 6.59. The quantitative estimate of drug-likeness (QED) is 0.562. The van der Waals surface area contributed by atoms with Crippen LogP contribution in [0.3, 0.4) is 0 Å². The number of rotatable bonds is 4. The average molecular weight is 322 g/mol. The van der Waals surface area contributed by atoms with E-state index in [4.69, 9.17) is 5.41 Å². The van der Waals surface area contributed by atoms with Gasteiger partial charge < -0.3 is 10.4 Å². The molecule has 0 bridgehead atoms. The maximum atomic E-state index is 8.31. The summed E-state index contributed by atoms with van der Waals surface area (Å²) < 4.78 is 0. The molecular formula is C20H22N2S. The van der Waals surface area contributed by atoms with E-state index in [-0.39, 0.29) is 0 Å². The van der Waals surface area contributed by atoms with Crippen LogP contribution in [-0.2, 0) is 6.42 Å². The van der Waals surface area contributed by atoms with Gasteiger partial charge in [0, 0.05) is 28.4 Å². The van der Waals surface area contributed by atoms with Gasteiger partial charge in [-0.15, -0.1) is 11.3 Å². The van der Waals surface area contributed by atoms with E-state index in [9.17, 15) is 0 Å². The molecule has 1 aliphatic rings. The molecule has 2 aromatic heterocycles. The minimum absolute atomic E-state index is 0.712. The largest absolute Gasteiger partial charge is 0.361 e. The Bertz CT molecular complexity index is 807. The molecule has 0 aliphatic heterocycles. The van der Waals surface area contributed by atoms with Gasteiger partial charge in [0.1, 0.15) is 0 Å². The first-order valence-corrected chi connectivity index (χ1v) is 9.40. The topological polar surface area (TPSA) is 39.6 Å². The van der Waals surface area contributed by atoms with Crippen molar-refractivity contribution in [2.75, 3.05) is 0 Å². The lowest BCUT2D eigenvalue weighted by Gasteiger charge is -2.21. The van der Waals surface area contributed by atoms with Gasteiger partial charge in [-0.3, -0.25) is 0 Å². The van der Waals surface area contributed by atoms with Crippen LogP contribution in [0.25, 0.3) is 10.9 Å². The number of nitrogens with one attached hydrogen (secondary N) is 2. The molecule has 1 fully saturated rings. The fraction of sp³-hybridized carbons (Fsp3) is 0.350. The second kappa shape index (κ2) is 6.32. The van der Waals surface area contributed by atoms with Crippen LogP contribution in [-0.4, -0.2) is 10.7 Å². The molecule has 1 saturated carbocycles. The van der Waals surface area contributed by atoms with Gasteiger partial charge >= 0.3 is 0 Å². The zero-order valence-electron chi connectivity index (χ0n) is 13.3. The molecule has 0 radical (unpaired) electrons. The van der Waals surface area contributed by atoms with Gasteiger partial charge in [0.2, 0.25) is 0 Å². The van der Waals surface area contributed by atoms with E-state index in [0.29, 0.717) is 18.1 Å². The summed E-state index contributed by atoms with van der Waals surface area (Å²) in [5, 5.41) is 11.7. The maximum absolute atomic E-state index is 8.31. The van der Waals surface area contributed by atoms with Crippen LogP contribution in [0.2, 0.25) is 0 Å². The van der Waals surface area contributed by atoms with Crippen molar-refractivity contribution in [3.05, 3.63) is 57.9 Å². The number of aromatic amines is 1. The summed E-state index contributed by atoms with van der Waals surface area (Å²) in [7, 11) is 0. The monoisotopic (exact) mass is 322 g/mol. The predicted molar refractivity (Wildman–Crippen MR) is 99.0 cm³/mol. The molecule has 1 aromatic carbocycles. The van der Waals surface area contributed by atoms with Gasteiger partial charge in [-0.25, -0.2) is 0 Å². The molecule has 2 nitrogen and oxygen atoms in total. The van der Waals surface area contributed by atoms with Gasteiger partial charge in [-0.1, -0.05) is 31.4 Å². The van der Waals surface area contributed by atoms with E-state index in [0.717, 1.165) is 4.88 Å². The van der Waals surface area contributed by atoms with Crippen molar-refractivity contribution in [2.24, 2.45) is 0 Å². The summed E-state index contributed by atoms with van der Waals surface area (Å²) >= 11 is 1.65. The molecule has 4 rings (SSSR count). The molecule has 2 heterocycles. The van der Waals surface area contributed by atoms with Crippen molar-refractivity contribution in [1.29, 1.82) is 5.41 Å². The Labute approximate surface area is 141 Å². The van der Waals surface area contributed by atoms with Crippen LogP contribution in [0, 0.1) is 5.41 Å². The Morgan fingerprint density at radius 2 is 2.04 bits per heavy atom. The van der Waals surface area contributed by atoms with E-state index in [1.165, 1.54) is 54.1 Å². The van der Waals surface area contributed by atoms with E-state index in [1.54, 1.807) is 11.3 Å². The van der Waals surface area contributed by atoms with E-state index < -0.39 is 0 Å². The van der Waals surface area contributed by atoms with Crippen LogP contribution in [0.5, 0.6) is 0 Å². The van der Waals surface area contributed by atoms with Gasteiger partial charge in [0.05, 0.1) is 5.71 Å². The molecule has 118 valence electrons. The highest BCUT2D eigenvalue weighted by atomic mass is 32.1. The molecule has 0 unspecified atom stereocenters. The van der Waals surface area contributed by atoms with Crippen molar-refractivity contribution < 1.29 is 0 Å². The second-order valence-corrected chi connectivity index (χ2v) is 7.54. The van der Waals surface area contributed by atoms with Crippen LogP contribution in [0.15, 0.2) is 41.9 Å². The number of thiophene rings is 1. The third-order valence-electron chi connectivity index (χ3n) is 5.02. The molecule has 3 aromatic rings. The van der Waals surface area contributed by atoms with E-state index in [2.05, 4.69) is 29.4 Å².